The summed E-state index contributed by atoms with van der Waals surface area (Å²) in [7, 11) is 1.68. The Morgan fingerprint density at radius 3 is 2.28 bits per heavy atom. The molecule has 3 rings (SSSR count). The van der Waals surface area contributed by atoms with Gasteiger partial charge in [0.1, 0.15) is 5.75 Å². The van der Waals surface area contributed by atoms with E-state index >= 15 is 0 Å². The van der Waals surface area contributed by atoms with Gasteiger partial charge >= 0.3 is 6.03 Å². The Labute approximate surface area is 150 Å². The van der Waals surface area contributed by atoms with E-state index in [0.717, 1.165) is 31.7 Å². The fraction of sp³-hybridized carbons (Fsp3) is 0.632. The molecular formula is C19H29N3O3. The van der Waals surface area contributed by atoms with Gasteiger partial charge in [0.05, 0.1) is 19.3 Å². The van der Waals surface area contributed by atoms with Crippen molar-refractivity contribution < 1.29 is 14.3 Å². The van der Waals surface area contributed by atoms with E-state index in [2.05, 4.69) is 22.3 Å². The molecule has 2 fully saturated rings. The van der Waals surface area contributed by atoms with Crippen LogP contribution in [-0.4, -0.2) is 62.5 Å². The van der Waals surface area contributed by atoms with Crippen molar-refractivity contribution in [2.24, 2.45) is 0 Å². The summed E-state index contributed by atoms with van der Waals surface area (Å²) < 4.78 is 10.9. The van der Waals surface area contributed by atoms with Crippen molar-refractivity contribution in [1.29, 1.82) is 0 Å². The van der Waals surface area contributed by atoms with E-state index in [4.69, 9.17) is 9.47 Å². The molecule has 2 aliphatic rings. The Bertz CT molecular complexity index is 560. The van der Waals surface area contributed by atoms with Crippen LogP contribution < -0.4 is 15.0 Å². The lowest BCUT2D eigenvalue weighted by atomic mass is 10.0. The molecule has 0 aromatic heterocycles. The van der Waals surface area contributed by atoms with Crippen LogP contribution in [0, 0.1) is 0 Å². The van der Waals surface area contributed by atoms with Crippen LogP contribution in [0.4, 0.5) is 10.5 Å². The summed E-state index contributed by atoms with van der Waals surface area (Å²) in [6.07, 6.45) is 2.14. The van der Waals surface area contributed by atoms with Gasteiger partial charge < -0.3 is 24.6 Å². The largest absolute Gasteiger partial charge is 0.497 e. The number of methoxy groups -OCH3 is 1. The van der Waals surface area contributed by atoms with Gasteiger partial charge in [0.2, 0.25) is 0 Å². The molecule has 2 heterocycles. The smallest absolute Gasteiger partial charge is 0.317 e. The third kappa shape index (κ3) is 4.57. The topological polar surface area (TPSA) is 54.0 Å². The molecule has 0 saturated carbocycles. The number of amides is 2. The van der Waals surface area contributed by atoms with E-state index < -0.39 is 0 Å². The normalized spacial score (nSPS) is 24.9. The van der Waals surface area contributed by atoms with Gasteiger partial charge in [-0.15, -0.1) is 0 Å². The fourth-order valence-electron chi connectivity index (χ4n) is 3.68. The number of nitrogens with one attached hydrogen (secondary N) is 1. The molecule has 25 heavy (non-hydrogen) atoms. The molecule has 2 atom stereocenters. The molecule has 2 saturated heterocycles. The monoisotopic (exact) mass is 347 g/mol. The number of morpholine rings is 1. The second-order valence-corrected chi connectivity index (χ2v) is 7.07. The molecule has 1 aromatic rings. The third-order valence-electron chi connectivity index (χ3n) is 4.97. The number of ether oxygens (including phenoxy) is 2. The minimum absolute atomic E-state index is 0.0462. The van der Waals surface area contributed by atoms with Crippen molar-refractivity contribution in [2.75, 3.05) is 38.2 Å². The maximum atomic E-state index is 12.5. The molecule has 138 valence electrons. The Morgan fingerprint density at radius 1 is 1.12 bits per heavy atom. The number of carbonyl (C=O) groups is 1. The standard InChI is InChI=1S/C19H29N3O3/c1-14-12-22(13-15(2)25-14)19(23)20-16-8-10-21(11-9-16)17-4-6-18(24-3)7-5-17/h4-7,14-16H,8-13H2,1-3H3,(H,20,23)/t14-,15+. The van der Waals surface area contributed by atoms with E-state index in [9.17, 15) is 4.79 Å². The van der Waals surface area contributed by atoms with E-state index in [-0.39, 0.29) is 24.3 Å². The second kappa shape index (κ2) is 7.95. The van der Waals surface area contributed by atoms with Gasteiger partial charge in [-0.1, -0.05) is 0 Å². The Hall–Kier alpha value is -1.95. The third-order valence-corrected chi connectivity index (χ3v) is 4.97. The lowest BCUT2D eigenvalue weighted by molar-refractivity contribution is -0.0548. The highest BCUT2D eigenvalue weighted by molar-refractivity contribution is 5.74. The van der Waals surface area contributed by atoms with E-state index in [1.165, 1.54) is 5.69 Å². The zero-order chi connectivity index (χ0) is 17.8. The van der Waals surface area contributed by atoms with Gasteiger partial charge in [-0.05, 0) is 51.0 Å². The molecule has 0 bridgehead atoms. The minimum atomic E-state index is 0.0462. The molecule has 2 amide bonds. The zero-order valence-electron chi connectivity index (χ0n) is 15.4. The number of hydrogen-bond donors (Lipinski definition) is 1. The van der Waals surface area contributed by atoms with Gasteiger partial charge in [0, 0.05) is 37.9 Å². The summed E-state index contributed by atoms with van der Waals surface area (Å²) in [6.45, 7) is 7.27. The summed E-state index contributed by atoms with van der Waals surface area (Å²) in [5.74, 6) is 0.875. The molecule has 0 aliphatic carbocycles. The Morgan fingerprint density at radius 2 is 1.72 bits per heavy atom. The summed E-state index contributed by atoms with van der Waals surface area (Å²) >= 11 is 0. The van der Waals surface area contributed by atoms with Crippen LogP contribution in [0.2, 0.25) is 0 Å². The van der Waals surface area contributed by atoms with Gasteiger partial charge in [0.25, 0.3) is 0 Å². The second-order valence-electron chi connectivity index (χ2n) is 7.07. The molecular weight excluding hydrogens is 318 g/mol. The maximum Gasteiger partial charge on any atom is 0.317 e. The highest BCUT2D eigenvalue weighted by Crippen LogP contribution is 2.23. The molecule has 1 N–H and O–H groups in total. The summed E-state index contributed by atoms with van der Waals surface area (Å²) in [6, 6.07) is 8.46. The van der Waals surface area contributed by atoms with Crippen molar-refractivity contribution in [3.05, 3.63) is 24.3 Å². The summed E-state index contributed by atoms with van der Waals surface area (Å²) in [4.78, 5) is 16.8. The number of anilines is 1. The summed E-state index contributed by atoms with van der Waals surface area (Å²) in [5.41, 5.74) is 1.21. The van der Waals surface area contributed by atoms with E-state index in [1.807, 2.05) is 30.9 Å². The van der Waals surface area contributed by atoms with Crippen LogP contribution in [0.3, 0.4) is 0 Å². The lowest BCUT2D eigenvalue weighted by Gasteiger charge is -2.38. The number of rotatable bonds is 3. The van der Waals surface area contributed by atoms with Crippen molar-refractivity contribution in [3.8, 4) is 5.75 Å². The van der Waals surface area contributed by atoms with Crippen LogP contribution in [0.1, 0.15) is 26.7 Å². The molecule has 6 heteroatoms. The van der Waals surface area contributed by atoms with Crippen LogP contribution in [0.5, 0.6) is 5.75 Å². The van der Waals surface area contributed by atoms with Gasteiger partial charge in [-0.3, -0.25) is 0 Å². The number of urea groups is 1. The fourth-order valence-corrected chi connectivity index (χ4v) is 3.68. The van der Waals surface area contributed by atoms with Crippen LogP contribution in [0.25, 0.3) is 0 Å². The number of benzene rings is 1. The predicted octanol–water partition coefficient (Wildman–Crippen LogP) is 2.48. The average Bonchev–Trinajstić information content (AvgIpc) is 2.61. The summed E-state index contributed by atoms with van der Waals surface area (Å²) in [5, 5.41) is 3.20. The average molecular weight is 347 g/mol. The molecule has 2 aliphatic heterocycles. The molecule has 6 nitrogen and oxygen atoms in total. The minimum Gasteiger partial charge on any atom is -0.497 e. The Kier molecular flexibility index (Phi) is 5.68. The predicted molar refractivity (Wildman–Crippen MR) is 98.3 cm³/mol. The van der Waals surface area contributed by atoms with Crippen molar-refractivity contribution >= 4 is 11.7 Å². The maximum absolute atomic E-state index is 12.5. The van der Waals surface area contributed by atoms with Crippen LogP contribution >= 0.6 is 0 Å². The quantitative estimate of drug-likeness (QED) is 0.913. The first kappa shape index (κ1) is 17.9. The van der Waals surface area contributed by atoms with E-state index in [1.54, 1.807) is 7.11 Å². The molecule has 0 spiro atoms. The Balaban J connectivity index is 1.48. The van der Waals surface area contributed by atoms with E-state index in [0.29, 0.717) is 13.1 Å². The highest BCUT2D eigenvalue weighted by atomic mass is 16.5. The molecule has 0 unspecified atom stereocenters. The first-order valence-corrected chi connectivity index (χ1v) is 9.15. The molecule has 0 radical (unpaired) electrons. The SMILES string of the molecule is COc1ccc(N2CCC(NC(=O)N3C[C@@H](C)O[C@@H](C)C3)CC2)cc1. The highest BCUT2D eigenvalue weighted by Gasteiger charge is 2.28. The first-order valence-electron chi connectivity index (χ1n) is 9.15. The number of carbonyl (C=O) groups excluding carboxylic acids is 1. The zero-order valence-corrected chi connectivity index (χ0v) is 15.4. The van der Waals surface area contributed by atoms with Crippen LogP contribution in [0.15, 0.2) is 24.3 Å². The molecule has 1 aromatic carbocycles. The van der Waals surface area contributed by atoms with Gasteiger partial charge in [-0.25, -0.2) is 4.79 Å². The number of nitrogens with zero attached hydrogens (tertiary/aromatic N) is 2. The number of hydrogen-bond acceptors (Lipinski definition) is 4. The lowest BCUT2D eigenvalue weighted by Crippen LogP contribution is -2.55. The van der Waals surface area contributed by atoms with Gasteiger partial charge in [-0.2, -0.15) is 0 Å². The number of piperidine rings is 1. The van der Waals surface area contributed by atoms with Crippen LogP contribution in [-0.2, 0) is 4.74 Å². The van der Waals surface area contributed by atoms with Crippen molar-refractivity contribution in [1.82, 2.24) is 10.2 Å². The first-order chi connectivity index (χ1) is 12.0. The van der Waals surface area contributed by atoms with Gasteiger partial charge in [0.15, 0.2) is 0 Å². The van der Waals surface area contributed by atoms with Crippen molar-refractivity contribution in [3.63, 3.8) is 0 Å². The van der Waals surface area contributed by atoms with Crippen molar-refractivity contribution in [2.45, 2.75) is 44.9 Å².